The first-order valence-corrected chi connectivity index (χ1v) is 8.47. The maximum atomic E-state index is 12.3. The van der Waals surface area contributed by atoms with E-state index in [1.54, 1.807) is 12.2 Å². The lowest BCUT2D eigenvalue weighted by atomic mass is 10.2. The Balaban J connectivity index is 1.99. The van der Waals surface area contributed by atoms with Crippen LogP contribution in [-0.2, 0) is 14.3 Å². The van der Waals surface area contributed by atoms with Crippen LogP contribution in [0.5, 0.6) is 0 Å². The Kier molecular flexibility index (Phi) is 6.55. The van der Waals surface area contributed by atoms with Crippen molar-refractivity contribution in [3.63, 3.8) is 0 Å². The van der Waals surface area contributed by atoms with Crippen molar-refractivity contribution in [2.24, 2.45) is 0 Å². The normalized spacial score (nSPS) is 16.6. The maximum Gasteiger partial charge on any atom is 0.326 e. The van der Waals surface area contributed by atoms with E-state index in [2.05, 4.69) is 0 Å². The van der Waals surface area contributed by atoms with Crippen LogP contribution < -0.4 is 0 Å². The Morgan fingerprint density at radius 1 is 1.35 bits per heavy atom. The first-order valence-electron chi connectivity index (χ1n) is 7.24. The lowest BCUT2D eigenvalue weighted by Crippen LogP contribution is -2.34. The van der Waals surface area contributed by atoms with Gasteiger partial charge in [-0.25, -0.2) is 0 Å². The fraction of sp³-hybridized carbons (Fsp3) is 0.235. The van der Waals surface area contributed by atoms with Crippen LogP contribution in [0.25, 0.3) is 6.08 Å². The van der Waals surface area contributed by atoms with Crippen LogP contribution >= 0.6 is 24.0 Å². The topological polar surface area (TPSA) is 46.6 Å². The van der Waals surface area contributed by atoms with Crippen molar-refractivity contribution in [3.05, 3.63) is 53.0 Å². The highest BCUT2D eigenvalue weighted by atomic mass is 32.2. The summed E-state index contributed by atoms with van der Waals surface area (Å²) in [4.78, 5) is 25.7. The smallest absolute Gasteiger partial charge is 0.326 e. The molecule has 0 unspecified atom stereocenters. The number of esters is 1. The highest BCUT2D eigenvalue weighted by Crippen LogP contribution is 2.30. The number of thiocarbonyl (C=S) groups is 1. The quantitative estimate of drug-likeness (QED) is 0.448. The van der Waals surface area contributed by atoms with E-state index >= 15 is 0 Å². The van der Waals surface area contributed by atoms with Crippen LogP contribution in [-0.4, -0.2) is 34.2 Å². The molecule has 0 saturated carbocycles. The van der Waals surface area contributed by atoms with E-state index in [0.29, 0.717) is 15.8 Å². The van der Waals surface area contributed by atoms with Gasteiger partial charge in [0, 0.05) is 0 Å². The molecule has 1 amide bonds. The molecule has 1 saturated heterocycles. The Morgan fingerprint density at radius 2 is 2.09 bits per heavy atom. The molecular weight excluding hydrogens is 330 g/mol. The van der Waals surface area contributed by atoms with E-state index in [9.17, 15) is 9.59 Å². The van der Waals surface area contributed by atoms with Crippen LogP contribution in [0.15, 0.2) is 47.4 Å². The van der Waals surface area contributed by atoms with Gasteiger partial charge >= 0.3 is 5.97 Å². The first-order chi connectivity index (χ1) is 11.1. The number of amides is 1. The number of thioether (sulfide) groups is 1. The number of hydrogen-bond donors (Lipinski definition) is 0. The lowest BCUT2D eigenvalue weighted by Gasteiger charge is -2.13. The van der Waals surface area contributed by atoms with Gasteiger partial charge in [0.25, 0.3) is 5.91 Å². The summed E-state index contributed by atoms with van der Waals surface area (Å²) in [5.41, 5.74) is 1.04. The molecule has 1 aromatic rings. The van der Waals surface area contributed by atoms with E-state index in [0.717, 1.165) is 12.0 Å². The van der Waals surface area contributed by atoms with Crippen molar-refractivity contribution < 1.29 is 14.3 Å². The molecule has 0 bridgehead atoms. The van der Waals surface area contributed by atoms with Gasteiger partial charge in [0.2, 0.25) is 0 Å². The number of rotatable bonds is 6. The number of carbonyl (C=O) groups excluding carboxylic acids is 2. The van der Waals surface area contributed by atoms with Gasteiger partial charge in [0.15, 0.2) is 0 Å². The average Bonchev–Trinajstić information content (AvgIpc) is 2.81. The summed E-state index contributed by atoms with van der Waals surface area (Å²) in [6.45, 7) is 2.13. The van der Waals surface area contributed by atoms with Gasteiger partial charge in [-0.2, -0.15) is 0 Å². The third kappa shape index (κ3) is 5.04. The van der Waals surface area contributed by atoms with Crippen molar-refractivity contribution in [2.45, 2.75) is 13.3 Å². The predicted octanol–water partition coefficient (Wildman–Crippen LogP) is 3.40. The van der Waals surface area contributed by atoms with E-state index < -0.39 is 5.97 Å². The third-order valence-corrected chi connectivity index (χ3v) is 4.36. The molecule has 6 heteroatoms. The Labute approximate surface area is 145 Å². The molecule has 1 heterocycles. The minimum absolute atomic E-state index is 0.135. The molecule has 1 aliphatic heterocycles. The molecule has 1 aromatic carbocycles. The zero-order valence-electron chi connectivity index (χ0n) is 12.7. The van der Waals surface area contributed by atoms with Crippen molar-refractivity contribution in [2.75, 3.05) is 13.2 Å². The van der Waals surface area contributed by atoms with E-state index in [1.807, 2.05) is 43.3 Å². The molecule has 120 valence electrons. The molecule has 0 spiro atoms. The summed E-state index contributed by atoms with van der Waals surface area (Å²) in [6.07, 6.45) is 6.16. The zero-order valence-corrected chi connectivity index (χ0v) is 14.4. The second-order valence-corrected chi connectivity index (χ2v) is 6.46. The van der Waals surface area contributed by atoms with Crippen molar-refractivity contribution in [1.29, 1.82) is 0 Å². The van der Waals surface area contributed by atoms with Gasteiger partial charge < -0.3 is 4.74 Å². The molecule has 23 heavy (non-hydrogen) atoms. The number of hydrogen-bond acceptors (Lipinski definition) is 5. The van der Waals surface area contributed by atoms with Crippen LogP contribution in [0.2, 0.25) is 0 Å². The number of benzene rings is 1. The summed E-state index contributed by atoms with van der Waals surface area (Å²) in [5, 5.41) is 0. The molecule has 0 aromatic heterocycles. The van der Waals surface area contributed by atoms with Gasteiger partial charge in [-0.15, -0.1) is 0 Å². The molecule has 0 aliphatic carbocycles. The van der Waals surface area contributed by atoms with Crippen molar-refractivity contribution in [3.8, 4) is 0 Å². The van der Waals surface area contributed by atoms with Crippen molar-refractivity contribution >= 4 is 46.3 Å². The second kappa shape index (κ2) is 8.64. The van der Waals surface area contributed by atoms with Gasteiger partial charge in [-0.05, 0) is 18.1 Å². The fourth-order valence-electron chi connectivity index (χ4n) is 1.85. The Bertz CT molecular complexity index is 653. The molecule has 1 fully saturated rings. The summed E-state index contributed by atoms with van der Waals surface area (Å²) in [7, 11) is 0. The van der Waals surface area contributed by atoms with Gasteiger partial charge in [-0.1, -0.05) is 73.4 Å². The summed E-state index contributed by atoms with van der Waals surface area (Å²) >= 11 is 6.36. The molecule has 0 radical (unpaired) electrons. The summed E-state index contributed by atoms with van der Waals surface area (Å²) in [6, 6.07) is 9.78. The average molecular weight is 347 g/mol. The minimum atomic E-state index is -0.441. The van der Waals surface area contributed by atoms with Crippen LogP contribution in [0.4, 0.5) is 0 Å². The molecule has 2 rings (SSSR count). The molecule has 1 aliphatic rings. The highest BCUT2D eigenvalue weighted by Gasteiger charge is 2.33. The van der Waals surface area contributed by atoms with Gasteiger partial charge in [0.05, 0.1) is 11.5 Å². The van der Waals surface area contributed by atoms with E-state index in [1.165, 1.54) is 16.7 Å². The number of allylic oxidation sites excluding steroid dienone is 2. The zero-order chi connectivity index (χ0) is 16.7. The predicted molar refractivity (Wildman–Crippen MR) is 96.7 cm³/mol. The summed E-state index contributed by atoms with van der Waals surface area (Å²) in [5.74, 6) is -0.699. The fourth-order valence-corrected chi connectivity index (χ4v) is 3.06. The number of carbonyl (C=O) groups is 2. The van der Waals surface area contributed by atoms with Crippen LogP contribution in [0.1, 0.15) is 18.9 Å². The highest BCUT2D eigenvalue weighted by molar-refractivity contribution is 8.26. The molecular formula is C17H17NO3S2. The third-order valence-electron chi connectivity index (χ3n) is 2.96. The number of nitrogens with zero attached hydrogens (tertiary/aromatic N) is 1. The largest absolute Gasteiger partial charge is 0.464 e. The standard InChI is InChI=1S/C17H17NO3S2/c1-2-11-21-15(19)12-18-16(20)14(23-17(18)22)10-6-9-13-7-4-3-5-8-13/h3-10H,2,11-12H2,1H3. The number of ether oxygens (including phenoxy) is 1. The summed E-state index contributed by atoms with van der Waals surface area (Å²) < 4.78 is 5.37. The Hall–Kier alpha value is -1.92. The maximum absolute atomic E-state index is 12.3. The molecule has 4 nitrogen and oxygen atoms in total. The minimum Gasteiger partial charge on any atom is -0.464 e. The van der Waals surface area contributed by atoms with E-state index in [4.69, 9.17) is 17.0 Å². The van der Waals surface area contributed by atoms with Crippen LogP contribution in [0.3, 0.4) is 0 Å². The first kappa shape index (κ1) is 17.4. The van der Waals surface area contributed by atoms with E-state index in [-0.39, 0.29) is 12.5 Å². The van der Waals surface area contributed by atoms with Gasteiger partial charge in [-0.3, -0.25) is 14.5 Å². The molecule has 0 atom stereocenters. The Morgan fingerprint density at radius 3 is 2.78 bits per heavy atom. The monoisotopic (exact) mass is 347 g/mol. The molecule has 0 N–H and O–H groups in total. The SMILES string of the molecule is CCCOC(=O)CN1C(=O)C(=CC=Cc2ccccc2)SC1=S. The second-order valence-electron chi connectivity index (χ2n) is 4.78. The van der Waals surface area contributed by atoms with Crippen LogP contribution in [0, 0.1) is 0 Å². The van der Waals surface area contributed by atoms with Crippen molar-refractivity contribution in [1.82, 2.24) is 4.90 Å². The van der Waals surface area contributed by atoms with Gasteiger partial charge in [0.1, 0.15) is 10.9 Å². The lowest BCUT2D eigenvalue weighted by molar-refractivity contribution is -0.146.